The molecular formula is C9H23NO3. The Bertz CT molecular complexity index is 112. The van der Waals surface area contributed by atoms with Crippen LogP contribution in [0.5, 0.6) is 0 Å². The van der Waals surface area contributed by atoms with E-state index in [1.807, 2.05) is 0 Å². The monoisotopic (exact) mass is 193 g/mol. The van der Waals surface area contributed by atoms with Gasteiger partial charge >= 0.3 is 0 Å². The summed E-state index contributed by atoms with van der Waals surface area (Å²) in [7, 11) is 0. The lowest BCUT2D eigenvalue weighted by atomic mass is 10.2. The Morgan fingerprint density at radius 1 is 1.15 bits per heavy atom. The maximum atomic E-state index is 9.32. The lowest BCUT2D eigenvalue weighted by Gasteiger charge is -2.27. The zero-order valence-electron chi connectivity index (χ0n) is 8.88. The van der Waals surface area contributed by atoms with E-state index in [4.69, 9.17) is 0 Å². The molecular weight excluding hydrogens is 170 g/mol. The van der Waals surface area contributed by atoms with Crippen LogP contribution in [0.4, 0.5) is 0 Å². The molecule has 0 rings (SSSR count). The van der Waals surface area contributed by atoms with E-state index < -0.39 is 5.72 Å². The first-order chi connectivity index (χ1) is 5.48. The molecule has 0 fully saturated rings. The van der Waals surface area contributed by atoms with E-state index in [9.17, 15) is 10.3 Å². The van der Waals surface area contributed by atoms with Crippen molar-refractivity contribution in [1.29, 1.82) is 0 Å². The molecule has 0 saturated carbocycles. The van der Waals surface area contributed by atoms with Gasteiger partial charge in [0.05, 0.1) is 0 Å². The van der Waals surface area contributed by atoms with E-state index in [-0.39, 0.29) is 5.48 Å². The van der Waals surface area contributed by atoms with Gasteiger partial charge in [-0.2, -0.15) is 5.06 Å². The number of hydrogen-bond donors (Lipinski definition) is 2. The Morgan fingerprint density at radius 2 is 1.69 bits per heavy atom. The standard InChI is InChI=1S/C9H21NO2.H2O/c1-4-5-6-7-8-10(12)9(2,3)11;/h11-12H,4-8H2,1-3H3;1H2. The van der Waals surface area contributed by atoms with Crippen molar-refractivity contribution in [2.75, 3.05) is 6.54 Å². The predicted octanol–water partition coefficient (Wildman–Crippen LogP) is 1.16. The van der Waals surface area contributed by atoms with Crippen LogP contribution in [0.1, 0.15) is 46.5 Å². The summed E-state index contributed by atoms with van der Waals surface area (Å²) in [6.45, 7) is 5.84. The summed E-state index contributed by atoms with van der Waals surface area (Å²) in [6.07, 6.45) is 4.44. The van der Waals surface area contributed by atoms with Crippen LogP contribution in [0.25, 0.3) is 0 Å². The van der Waals surface area contributed by atoms with Crippen molar-refractivity contribution >= 4 is 0 Å². The van der Waals surface area contributed by atoms with Gasteiger partial charge in [-0.15, -0.1) is 0 Å². The van der Waals surface area contributed by atoms with Gasteiger partial charge in [-0.3, -0.25) is 0 Å². The van der Waals surface area contributed by atoms with E-state index in [0.717, 1.165) is 17.9 Å². The molecule has 0 unspecified atom stereocenters. The van der Waals surface area contributed by atoms with Gasteiger partial charge in [-0.1, -0.05) is 26.2 Å². The molecule has 0 aromatic rings. The van der Waals surface area contributed by atoms with E-state index >= 15 is 0 Å². The number of rotatable bonds is 6. The van der Waals surface area contributed by atoms with Crippen LogP contribution in [0.2, 0.25) is 0 Å². The highest BCUT2D eigenvalue weighted by atomic mass is 16.5. The molecule has 4 heteroatoms. The molecule has 0 saturated heterocycles. The molecule has 13 heavy (non-hydrogen) atoms. The second kappa shape index (κ2) is 7.26. The van der Waals surface area contributed by atoms with Gasteiger partial charge in [-0.25, -0.2) is 0 Å². The minimum atomic E-state index is -1.10. The van der Waals surface area contributed by atoms with Crippen LogP contribution < -0.4 is 0 Å². The second-order valence-electron chi connectivity index (χ2n) is 3.68. The van der Waals surface area contributed by atoms with Gasteiger partial charge in [0.1, 0.15) is 5.72 Å². The van der Waals surface area contributed by atoms with E-state index in [2.05, 4.69) is 6.92 Å². The number of nitrogens with zero attached hydrogens (tertiary/aromatic N) is 1. The Hall–Kier alpha value is -0.160. The number of unbranched alkanes of at least 4 members (excludes halogenated alkanes) is 3. The summed E-state index contributed by atoms with van der Waals surface area (Å²) in [6, 6.07) is 0. The van der Waals surface area contributed by atoms with Gasteiger partial charge in [0, 0.05) is 6.54 Å². The summed E-state index contributed by atoms with van der Waals surface area (Å²) in [4.78, 5) is 0. The molecule has 4 N–H and O–H groups in total. The molecule has 0 aliphatic carbocycles. The second-order valence-corrected chi connectivity index (χ2v) is 3.68. The minimum absolute atomic E-state index is 0. The minimum Gasteiger partial charge on any atom is -0.412 e. The number of hydrogen-bond acceptors (Lipinski definition) is 3. The first-order valence-electron chi connectivity index (χ1n) is 4.67. The molecule has 0 aromatic carbocycles. The summed E-state index contributed by atoms with van der Waals surface area (Å²) in [5.41, 5.74) is -1.10. The normalized spacial score (nSPS) is 11.5. The van der Waals surface area contributed by atoms with E-state index in [1.165, 1.54) is 12.8 Å². The third kappa shape index (κ3) is 8.18. The molecule has 0 heterocycles. The van der Waals surface area contributed by atoms with Gasteiger partial charge in [0.25, 0.3) is 0 Å². The fourth-order valence-electron chi connectivity index (χ4n) is 0.962. The Morgan fingerprint density at radius 3 is 2.08 bits per heavy atom. The molecule has 0 aliphatic heterocycles. The molecule has 0 spiro atoms. The van der Waals surface area contributed by atoms with Crippen LogP contribution in [0.3, 0.4) is 0 Å². The zero-order chi connectivity index (χ0) is 9.61. The van der Waals surface area contributed by atoms with Crippen molar-refractivity contribution in [3.63, 3.8) is 0 Å². The quantitative estimate of drug-likeness (QED) is 0.377. The fourth-order valence-corrected chi connectivity index (χ4v) is 0.962. The maximum absolute atomic E-state index is 9.32. The van der Waals surface area contributed by atoms with Crippen molar-refractivity contribution in [3.05, 3.63) is 0 Å². The van der Waals surface area contributed by atoms with Crippen molar-refractivity contribution in [2.45, 2.75) is 52.2 Å². The number of hydroxylamine groups is 2. The lowest BCUT2D eigenvalue weighted by molar-refractivity contribution is -0.245. The third-order valence-electron chi connectivity index (χ3n) is 1.86. The molecule has 0 aromatic heterocycles. The SMILES string of the molecule is CCCCCCN(O)C(C)(C)O.O. The molecule has 4 nitrogen and oxygen atoms in total. The van der Waals surface area contributed by atoms with Gasteiger partial charge in [0.15, 0.2) is 0 Å². The number of aliphatic hydroxyl groups is 1. The van der Waals surface area contributed by atoms with Crippen LogP contribution in [0, 0.1) is 0 Å². The highest BCUT2D eigenvalue weighted by Crippen LogP contribution is 2.08. The van der Waals surface area contributed by atoms with Crippen molar-refractivity contribution in [2.24, 2.45) is 0 Å². The highest BCUT2D eigenvalue weighted by molar-refractivity contribution is 4.59. The average Bonchev–Trinajstić information content (AvgIpc) is 1.96. The highest BCUT2D eigenvalue weighted by Gasteiger charge is 2.20. The van der Waals surface area contributed by atoms with Crippen LogP contribution >= 0.6 is 0 Å². The van der Waals surface area contributed by atoms with Gasteiger partial charge in [0.2, 0.25) is 0 Å². The smallest absolute Gasteiger partial charge is 0.134 e. The van der Waals surface area contributed by atoms with Gasteiger partial charge < -0.3 is 15.8 Å². The van der Waals surface area contributed by atoms with Crippen molar-refractivity contribution < 1.29 is 15.8 Å². The molecule has 82 valence electrons. The van der Waals surface area contributed by atoms with Crippen LogP contribution in [0.15, 0.2) is 0 Å². The first-order valence-corrected chi connectivity index (χ1v) is 4.67. The lowest BCUT2D eigenvalue weighted by Crippen LogP contribution is -2.41. The largest absolute Gasteiger partial charge is 0.412 e. The summed E-state index contributed by atoms with van der Waals surface area (Å²) < 4.78 is 0. The van der Waals surface area contributed by atoms with Crippen LogP contribution in [-0.2, 0) is 0 Å². The van der Waals surface area contributed by atoms with Crippen molar-refractivity contribution in [1.82, 2.24) is 5.06 Å². The Labute approximate surface area is 80.4 Å². The van der Waals surface area contributed by atoms with Crippen molar-refractivity contribution in [3.8, 4) is 0 Å². The van der Waals surface area contributed by atoms with E-state index in [0.29, 0.717) is 6.54 Å². The average molecular weight is 193 g/mol. The van der Waals surface area contributed by atoms with Gasteiger partial charge in [-0.05, 0) is 20.3 Å². The summed E-state index contributed by atoms with van der Waals surface area (Å²) in [5.74, 6) is 0. The van der Waals surface area contributed by atoms with Crippen LogP contribution in [-0.4, -0.2) is 33.1 Å². The van der Waals surface area contributed by atoms with E-state index in [1.54, 1.807) is 13.8 Å². The molecule has 0 amide bonds. The predicted molar refractivity (Wildman–Crippen MR) is 52.5 cm³/mol. The zero-order valence-corrected chi connectivity index (χ0v) is 8.88. The molecule has 0 radical (unpaired) electrons. The Balaban J connectivity index is 0. The fraction of sp³-hybridized carbons (Fsp3) is 1.00. The Kier molecular flexibility index (Phi) is 8.56. The third-order valence-corrected chi connectivity index (χ3v) is 1.86. The summed E-state index contributed by atoms with van der Waals surface area (Å²) in [5, 5.41) is 19.6. The maximum Gasteiger partial charge on any atom is 0.134 e. The molecule has 0 bridgehead atoms. The molecule has 0 aliphatic rings. The first kappa shape index (κ1) is 15.3. The topological polar surface area (TPSA) is 75.2 Å². The molecule has 0 atom stereocenters. The summed E-state index contributed by atoms with van der Waals surface area (Å²) >= 11 is 0.